The number of hydrogen-bond acceptors (Lipinski definition) is 3. The summed E-state index contributed by atoms with van der Waals surface area (Å²) >= 11 is 5.14. The Labute approximate surface area is 58.5 Å². The average molecular weight is 169 g/mol. The summed E-state index contributed by atoms with van der Waals surface area (Å²) in [5.74, 6) is 0.118. The number of hydrogen-bond donors (Lipinski definition) is 0. The number of alkyl halides is 1. The smallest absolute Gasteiger partial charge is 0.0264 e. The molecule has 0 aromatic heterocycles. The van der Waals surface area contributed by atoms with E-state index in [1.165, 1.54) is 0 Å². The first-order valence-corrected chi connectivity index (χ1v) is 4.32. The normalized spacial score (nSPS) is 11.4. The standard InChI is InChI=1S/C4H8ClO3P/c1-4(2-3-5)9(6,7)8/h1-3H2,(H2,6,7,8)/p-2. The van der Waals surface area contributed by atoms with Crippen LogP contribution in [0.5, 0.6) is 0 Å². The van der Waals surface area contributed by atoms with E-state index in [-0.39, 0.29) is 17.6 Å². The van der Waals surface area contributed by atoms with Crippen LogP contribution in [0.3, 0.4) is 0 Å². The quantitative estimate of drug-likeness (QED) is 0.442. The van der Waals surface area contributed by atoms with E-state index in [2.05, 4.69) is 6.58 Å². The van der Waals surface area contributed by atoms with Crippen LogP contribution in [-0.4, -0.2) is 5.88 Å². The van der Waals surface area contributed by atoms with Gasteiger partial charge in [-0.2, -0.15) is 0 Å². The molecule has 0 aliphatic carbocycles. The van der Waals surface area contributed by atoms with E-state index in [1.54, 1.807) is 0 Å². The van der Waals surface area contributed by atoms with Crippen molar-refractivity contribution in [2.75, 3.05) is 5.88 Å². The van der Waals surface area contributed by atoms with Crippen molar-refractivity contribution >= 4 is 19.2 Å². The first-order chi connectivity index (χ1) is 3.98. The molecule has 0 radical (unpaired) electrons. The first-order valence-electron chi connectivity index (χ1n) is 2.25. The molecule has 5 heteroatoms. The van der Waals surface area contributed by atoms with Gasteiger partial charge in [-0.25, -0.2) is 0 Å². The van der Waals surface area contributed by atoms with Gasteiger partial charge in [-0.1, -0.05) is 6.58 Å². The van der Waals surface area contributed by atoms with Crippen LogP contribution >= 0.6 is 19.2 Å². The van der Waals surface area contributed by atoms with Crippen LogP contribution in [0, 0.1) is 0 Å². The van der Waals surface area contributed by atoms with Gasteiger partial charge in [0.25, 0.3) is 0 Å². The number of rotatable bonds is 3. The maximum absolute atomic E-state index is 10.0. The zero-order valence-electron chi connectivity index (χ0n) is 4.67. The third-order valence-electron chi connectivity index (χ3n) is 0.770. The Morgan fingerprint density at radius 3 is 2.22 bits per heavy atom. The van der Waals surface area contributed by atoms with Crippen LogP contribution in [0.25, 0.3) is 0 Å². The van der Waals surface area contributed by atoms with Gasteiger partial charge in [-0.05, 0) is 19.3 Å². The zero-order valence-corrected chi connectivity index (χ0v) is 6.32. The molecule has 9 heavy (non-hydrogen) atoms. The second-order valence-electron chi connectivity index (χ2n) is 1.50. The Balaban J connectivity index is 3.90. The number of halogens is 1. The van der Waals surface area contributed by atoms with E-state index in [0.717, 1.165) is 0 Å². The second kappa shape index (κ2) is 3.37. The van der Waals surface area contributed by atoms with Crippen molar-refractivity contribution in [2.24, 2.45) is 0 Å². The predicted octanol–water partition coefficient (Wildman–Crippen LogP) is 0.0427. The van der Waals surface area contributed by atoms with Gasteiger partial charge in [-0.3, -0.25) is 0 Å². The lowest BCUT2D eigenvalue weighted by atomic mass is 10.5. The van der Waals surface area contributed by atoms with Crippen molar-refractivity contribution in [3.63, 3.8) is 0 Å². The Morgan fingerprint density at radius 1 is 1.67 bits per heavy atom. The molecule has 0 aromatic carbocycles. The lowest BCUT2D eigenvalue weighted by Gasteiger charge is -2.31. The summed E-state index contributed by atoms with van der Waals surface area (Å²) in [5.41, 5.74) is 0. The van der Waals surface area contributed by atoms with Gasteiger partial charge in [0.05, 0.1) is 0 Å². The summed E-state index contributed by atoms with van der Waals surface area (Å²) in [6, 6.07) is 0. The van der Waals surface area contributed by atoms with Crippen LogP contribution in [0.2, 0.25) is 0 Å². The third kappa shape index (κ3) is 3.71. The fraction of sp³-hybridized carbons (Fsp3) is 0.500. The highest BCUT2D eigenvalue weighted by atomic mass is 35.5. The molecule has 0 N–H and O–H groups in total. The maximum Gasteiger partial charge on any atom is 0.0264 e. The molecule has 0 saturated carbocycles. The first kappa shape index (κ1) is 9.18. The SMILES string of the molecule is C=C(CCCl)P(=O)([O-])[O-]. The molecule has 0 saturated heterocycles. The van der Waals surface area contributed by atoms with Gasteiger partial charge < -0.3 is 14.4 Å². The van der Waals surface area contributed by atoms with Crippen molar-refractivity contribution in [3.05, 3.63) is 11.9 Å². The summed E-state index contributed by atoms with van der Waals surface area (Å²) in [6.45, 7) is 3.04. The minimum atomic E-state index is -4.55. The van der Waals surface area contributed by atoms with E-state index in [9.17, 15) is 14.4 Å². The summed E-state index contributed by atoms with van der Waals surface area (Å²) in [7, 11) is -4.55. The molecule has 0 bridgehead atoms. The average Bonchev–Trinajstić information content (AvgIpc) is 1.64. The molecule has 0 spiro atoms. The van der Waals surface area contributed by atoms with Crippen molar-refractivity contribution in [3.8, 4) is 0 Å². The molecular formula is C4H6ClO3P-2. The van der Waals surface area contributed by atoms with Crippen LogP contribution < -0.4 is 9.79 Å². The molecule has 0 heterocycles. The van der Waals surface area contributed by atoms with E-state index in [1.807, 2.05) is 0 Å². The van der Waals surface area contributed by atoms with Crippen LogP contribution in [0.15, 0.2) is 11.9 Å². The Hall–Kier alpha value is 0.180. The predicted molar refractivity (Wildman–Crippen MR) is 32.1 cm³/mol. The van der Waals surface area contributed by atoms with Crippen molar-refractivity contribution in [1.82, 2.24) is 0 Å². The van der Waals surface area contributed by atoms with Crippen LogP contribution in [0.1, 0.15) is 6.42 Å². The minimum Gasteiger partial charge on any atom is -0.808 e. The van der Waals surface area contributed by atoms with E-state index < -0.39 is 7.60 Å². The molecule has 0 fully saturated rings. The molecule has 0 unspecified atom stereocenters. The van der Waals surface area contributed by atoms with E-state index >= 15 is 0 Å². The third-order valence-corrected chi connectivity index (χ3v) is 1.96. The van der Waals surface area contributed by atoms with E-state index in [4.69, 9.17) is 11.6 Å². The Kier molecular flexibility index (Phi) is 3.44. The van der Waals surface area contributed by atoms with Crippen LogP contribution in [-0.2, 0) is 4.57 Å². The molecule has 0 atom stereocenters. The van der Waals surface area contributed by atoms with E-state index in [0.29, 0.717) is 0 Å². The van der Waals surface area contributed by atoms with Gasteiger partial charge in [-0.15, -0.1) is 11.6 Å². The molecule has 0 amide bonds. The Morgan fingerprint density at radius 2 is 2.11 bits per heavy atom. The second-order valence-corrected chi connectivity index (χ2v) is 3.51. The summed E-state index contributed by atoms with van der Waals surface area (Å²) in [5, 5.41) is -0.322. The summed E-state index contributed by atoms with van der Waals surface area (Å²) in [4.78, 5) is 20.1. The van der Waals surface area contributed by atoms with Crippen molar-refractivity contribution in [2.45, 2.75) is 6.42 Å². The molecule has 0 aliphatic rings. The number of allylic oxidation sites excluding steroid dienone is 1. The minimum absolute atomic E-state index is 0.0475. The van der Waals surface area contributed by atoms with Gasteiger partial charge in [0.1, 0.15) is 0 Å². The lowest BCUT2D eigenvalue weighted by Crippen LogP contribution is -2.15. The Bertz CT molecular complexity index is 150. The van der Waals surface area contributed by atoms with Crippen LogP contribution in [0.4, 0.5) is 0 Å². The fourth-order valence-electron chi connectivity index (χ4n) is 0.246. The highest BCUT2D eigenvalue weighted by Crippen LogP contribution is 2.36. The molecule has 0 aliphatic heterocycles. The molecule has 0 aromatic rings. The zero-order chi connectivity index (χ0) is 7.49. The molecule has 54 valence electrons. The highest BCUT2D eigenvalue weighted by molar-refractivity contribution is 7.53. The fourth-order valence-corrected chi connectivity index (χ4v) is 0.992. The molecule has 0 rings (SSSR count). The summed E-state index contributed by atoms with van der Waals surface area (Å²) < 4.78 is 10.0. The van der Waals surface area contributed by atoms with Gasteiger partial charge >= 0.3 is 0 Å². The van der Waals surface area contributed by atoms with Gasteiger partial charge in [0.15, 0.2) is 0 Å². The lowest BCUT2D eigenvalue weighted by molar-refractivity contribution is -0.310. The maximum atomic E-state index is 10.0. The molecule has 3 nitrogen and oxygen atoms in total. The van der Waals surface area contributed by atoms with Crippen molar-refractivity contribution < 1.29 is 14.4 Å². The van der Waals surface area contributed by atoms with Crippen molar-refractivity contribution in [1.29, 1.82) is 0 Å². The highest BCUT2D eigenvalue weighted by Gasteiger charge is 1.95. The van der Waals surface area contributed by atoms with Gasteiger partial charge in [0, 0.05) is 5.88 Å². The van der Waals surface area contributed by atoms with Gasteiger partial charge in [0.2, 0.25) is 0 Å². The summed E-state index contributed by atoms with van der Waals surface area (Å²) in [6.07, 6.45) is 0.0475. The topological polar surface area (TPSA) is 63.2 Å². The molecular weight excluding hydrogens is 162 g/mol. The monoisotopic (exact) mass is 168 g/mol. The largest absolute Gasteiger partial charge is 0.808 e.